The highest BCUT2D eigenvalue weighted by Gasteiger charge is 2.37. The third-order valence-corrected chi connectivity index (χ3v) is 5.07. The largest absolute Gasteiger partial charge is 0.493 e. The molecule has 0 saturated carbocycles. The van der Waals surface area contributed by atoms with Gasteiger partial charge in [0.15, 0.2) is 11.5 Å². The molecule has 2 amide bonds. The van der Waals surface area contributed by atoms with Crippen molar-refractivity contribution in [1.29, 1.82) is 0 Å². The maximum absolute atomic E-state index is 12.6. The molecule has 30 heavy (non-hydrogen) atoms. The van der Waals surface area contributed by atoms with Crippen LogP contribution < -0.4 is 19.7 Å². The van der Waals surface area contributed by atoms with E-state index in [1.165, 1.54) is 19.2 Å². The van der Waals surface area contributed by atoms with Gasteiger partial charge in [-0.3, -0.25) is 9.59 Å². The van der Waals surface area contributed by atoms with Gasteiger partial charge < -0.3 is 19.7 Å². The van der Waals surface area contributed by atoms with Crippen LogP contribution in [0.15, 0.2) is 42.5 Å². The second kappa shape index (κ2) is 9.75. The quantitative estimate of drug-likeness (QED) is 0.639. The molecule has 1 unspecified atom stereocenters. The summed E-state index contributed by atoms with van der Waals surface area (Å²) >= 11 is 5.87. The van der Waals surface area contributed by atoms with E-state index in [0.29, 0.717) is 35.7 Å². The summed E-state index contributed by atoms with van der Waals surface area (Å²) in [5.74, 6) is -1.24. The van der Waals surface area contributed by atoms with Gasteiger partial charge in [0, 0.05) is 23.8 Å². The summed E-state index contributed by atoms with van der Waals surface area (Å²) in [5.41, 5.74) is 1.39. The Kier molecular flexibility index (Phi) is 7.10. The molecule has 1 atom stereocenters. The first-order valence-electron chi connectivity index (χ1n) is 9.35. The summed E-state index contributed by atoms with van der Waals surface area (Å²) in [4.78, 5) is 26.6. The Morgan fingerprint density at radius 3 is 2.63 bits per heavy atom. The first-order chi connectivity index (χ1) is 14.4. The van der Waals surface area contributed by atoms with Crippen LogP contribution >= 0.6 is 11.6 Å². The number of alkyl halides is 2. The summed E-state index contributed by atoms with van der Waals surface area (Å²) in [7, 11) is 1.36. The zero-order valence-corrected chi connectivity index (χ0v) is 17.0. The number of nitrogens with one attached hydrogen (secondary N) is 1. The van der Waals surface area contributed by atoms with Crippen LogP contribution in [-0.4, -0.2) is 38.6 Å². The number of ether oxygens (including phenoxy) is 2. The van der Waals surface area contributed by atoms with E-state index in [-0.39, 0.29) is 29.9 Å². The van der Waals surface area contributed by atoms with E-state index in [1.54, 1.807) is 35.2 Å². The Labute approximate surface area is 177 Å². The summed E-state index contributed by atoms with van der Waals surface area (Å²) in [6.45, 7) is -2.26. The van der Waals surface area contributed by atoms with Gasteiger partial charge in [0.1, 0.15) is 5.92 Å². The molecule has 1 aliphatic heterocycles. The zero-order valence-electron chi connectivity index (χ0n) is 16.2. The Morgan fingerprint density at radius 1 is 1.23 bits per heavy atom. The number of methoxy groups -OCH3 is 1. The van der Waals surface area contributed by atoms with E-state index in [1.807, 2.05) is 0 Å². The smallest absolute Gasteiger partial charge is 0.387 e. The third kappa shape index (κ3) is 5.18. The van der Waals surface area contributed by atoms with Gasteiger partial charge in [-0.1, -0.05) is 17.7 Å². The molecule has 2 aromatic rings. The summed E-state index contributed by atoms with van der Waals surface area (Å²) in [6.07, 6.45) is 0.805. The summed E-state index contributed by atoms with van der Waals surface area (Å²) in [5, 5.41) is 3.32. The van der Waals surface area contributed by atoms with Gasteiger partial charge in [-0.2, -0.15) is 8.78 Å². The number of halogens is 3. The molecule has 0 radical (unpaired) electrons. The molecule has 1 aliphatic rings. The van der Waals surface area contributed by atoms with E-state index in [2.05, 4.69) is 10.1 Å². The average Bonchev–Trinajstić information content (AvgIpc) is 3.10. The number of hydrogen-bond donors (Lipinski definition) is 1. The molecule has 1 fully saturated rings. The lowest BCUT2D eigenvalue weighted by atomic mass is 10.1. The molecule has 0 bridgehead atoms. The topological polar surface area (TPSA) is 67.9 Å². The molecule has 0 spiro atoms. The number of rotatable bonds is 8. The first-order valence-corrected chi connectivity index (χ1v) is 9.73. The molecule has 1 N–H and O–H groups in total. The highest BCUT2D eigenvalue weighted by atomic mass is 35.5. The monoisotopic (exact) mass is 438 g/mol. The van der Waals surface area contributed by atoms with Gasteiger partial charge in [0.05, 0.1) is 7.11 Å². The van der Waals surface area contributed by atoms with Crippen molar-refractivity contribution < 1.29 is 27.8 Å². The number of carbonyl (C=O) groups excluding carboxylic acids is 2. The Balaban J connectivity index is 1.55. The van der Waals surface area contributed by atoms with Crippen molar-refractivity contribution in [2.75, 3.05) is 25.1 Å². The summed E-state index contributed by atoms with van der Waals surface area (Å²) in [6, 6.07) is 11.5. The number of amides is 2. The van der Waals surface area contributed by atoms with Gasteiger partial charge in [-0.05, 0) is 54.8 Å². The highest BCUT2D eigenvalue weighted by Crippen LogP contribution is 2.30. The maximum atomic E-state index is 12.6. The van der Waals surface area contributed by atoms with Crippen molar-refractivity contribution >= 4 is 29.1 Å². The fourth-order valence-corrected chi connectivity index (χ4v) is 3.44. The van der Waals surface area contributed by atoms with Crippen LogP contribution in [0.3, 0.4) is 0 Å². The fourth-order valence-electron chi connectivity index (χ4n) is 3.32. The Hall–Kier alpha value is -2.87. The number of anilines is 1. The number of benzene rings is 2. The minimum atomic E-state index is -2.97. The fraction of sp³-hybridized carbons (Fsp3) is 0.333. The zero-order chi connectivity index (χ0) is 21.7. The van der Waals surface area contributed by atoms with Gasteiger partial charge in [-0.15, -0.1) is 0 Å². The van der Waals surface area contributed by atoms with Crippen LogP contribution in [-0.2, 0) is 16.0 Å². The third-order valence-electron chi connectivity index (χ3n) is 4.82. The van der Waals surface area contributed by atoms with Gasteiger partial charge in [0.25, 0.3) is 0 Å². The van der Waals surface area contributed by atoms with Crippen molar-refractivity contribution in [2.45, 2.75) is 19.5 Å². The van der Waals surface area contributed by atoms with E-state index in [9.17, 15) is 18.4 Å². The van der Waals surface area contributed by atoms with Crippen LogP contribution in [0.25, 0.3) is 0 Å². The lowest BCUT2D eigenvalue weighted by Crippen LogP contribution is -2.37. The SMILES string of the molecule is COc1ccc(CCNC(=O)C2CCN(c3ccc(Cl)cc3)C2=O)cc1OC(F)F. The van der Waals surface area contributed by atoms with Crippen molar-refractivity contribution in [3.8, 4) is 11.5 Å². The maximum Gasteiger partial charge on any atom is 0.387 e. The van der Waals surface area contributed by atoms with Crippen molar-refractivity contribution in [3.05, 3.63) is 53.1 Å². The van der Waals surface area contributed by atoms with E-state index >= 15 is 0 Å². The van der Waals surface area contributed by atoms with Crippen molar-refractivity contribution in [1.82, 2.24) is 5.32 Å². The lowest BCUT2D eigenvalue weighted by molar-refractivity contribution is -0.132. The van der Waals surface area contributed by atoms with E-state index < -0.39 is 12.5 Å². The molecule has 0 aromatic heterocycles. The van der Waals surface area contributed by atoms with Crippen LogP contribution in [0.1, 0.15) is 12.0 Å². The first kappa shape index (κ1) is 21.8. The Bertz CT molecular complexity index is 908. The molecule has 1 heterocycles. The number of nitrogens with zero attached hydrogens (tertiary/aromatic N) is 1. The van der Waals surface area contributed by atoms with Gasteiger partial charge in [0.2, 0.25) is 11.8 Å². The standard InChI is InChI=1S/C21H21ClF2N2O4/c1-29-17-7-2-13(12-18(17)30-21(23)24)8-10-25-19(27)16-9-11-26(20(16)28)15-5-3-14(22)4-6-15/h2-7,12,16,21H,8-11H2,1H3,(H,25,27). The predicted molar refractivity (Wildman–Crippen MR) is 108 cm³/mol. The minimum absolute atomic E-state index is 0.0686. The van der Waals surface area contributed by atoms with Crippen molar-refractivity contribution in [3.63, 3.8) is 0 Å². The molecular formula is C21H21ClF2N2O4. The molecule has 0 aliphatic carbocycles. The van der Waals surface area contributed by atoms with Crippen LogP contribution in [0, 0.1) is 5.92 Å². The Morgan fingerprint density at radius 2 is 1.97 bits per heavy atom. The highest BCUT2D eigenvalue weighted by molar-refractivity contribution is 6.30. The van der Waals surface area contributed by atoms with Gasteiger partial charge in [-0.25, -0.2) is 0 Å². The molecule has 3 rings (SSSR count). The van der Waals surface area contributed by atoms with Gasteiger partial charge >= 0.3 is 6.61 Å². The van der Waals surface area contributed by atoms with Crippen LogP contribution in [0.4, 0.5) is 14.5 Å². The molecule has 160 valence electrons. The molecule has 6 nitrogen and oxygen atoms in total. The molecule has 9 heteroatoms. The normalized spacial score (nSPS) is 16.1. The van der Waals surface area contributed by atoms with E-state index in [4.69, 9.17) is 16.3 Å². The average molecular weight is 439 g/mol. The molecule has 1 saturated heterocycles. The molecular weight excluding hydrogens is 418 g/mol. The summed E-state index contributed by atoms with van der Waals surface area (Å²) < 4.78 is 34.5. The number of carbonyl (C=O) groups is 2. The van der Waals surface area contributed by atoms with E-state index in [0.717, 1.165) is 0 Å². The number of hydrogen-bond acceptors (Lipinski definition) is 4. The van der Waals surface area contributed by atoms with Crippen LogP contribution in [0.5, 0.6) is 11.5 Å². The van der Waals surface area contributed by atoms with Crippen LogP contribution in [0.2, 0.25) is 5.02 Å². The predicted octanol–water partition coefficient (Wildman–Crippen LogP) is 3.66. The lowest BCUT2D eigenvalue weighted by Gasteiger charge is -2.17. The van der Waals surface area contributed by atoms with Crippen molar-refractivity contribution in [2.24, 2.45) is 5.92 Å². The minimum Gasteiger partial charge on any atom is -0.493 e. The second-order valence-corrected chi connectivity index (χ2v) is 7.15. The second-order valence-electron chi connectivity index (χ2n) is 6.71. The molecule has 2 aromatic carbocycles.